The molecular weight excluding hydrogens is 1280 g/mol. The number of benzene rings is 2. The van der Waals surface area contributed by atoms with E-state index in [0.717, 1.165) is 34.5 Å². The number of nitrogens with one attached hydrogen (secondary N) is 7. The number of nitrogens with two attached hydrogens (primary N) is 2. The standard InChI is InChI=1S/C52H75N14O21P3S/c1-29(2)21-34(45(71)61-32(24-67)22-30-11-7-5-8-12-30)62-46(72)38(33-15-17-57-50(54)63-33)65-51(75)64-35(23-31-13-9-6-10-14-31)49(74)91-20-19-55-37(68)16-18-56-47(73)42(70)52(3,4)26-84-90(81,82)87-89(79,80)83-25-36-41(86-88(76,77)78)40(69)48(85-36)66-28-60-39-43(53)58-27-59-44(39)66/h5-14,24,27-29,32-36,38,40-42,48,69-70H,15-23,25-26H2,1-4H3,(H,55,68)(H,56,73)(H,61,71)(H,62,72)(H,79,80)(H,81,82)(H2,53,58,59)(H3,54,57,63)(H2,64,65,75)(H2,76,77,78). The van der Waals surface area contributed by atoms with E-state index in [1.54, 1.807) is 42.5 Å². The molecule has 6 amide bonds. The number of imidazole rings is 1. The van der Waals surface area contributed by atoms with Gasteiger partial charge in [0.2, 0.25) is 28.7 Å². The van der Waals surface area contributed by atoms with Crippen LogP contribution in [0, 0.1) is 11.3 Å². The van der Waals surface area contributed by atoms with Gasteiger partial charge < -0.3 is 88.0 Å². The Morgan fingerprint density at radius 1 is 0.846 bits per heavy atom. The molecule has 500 valence electrons. The van der Waals surface area contributed by atoms with Crippen molar-refractivity contribution >= 4 is 99.2 Å². The van der Waals surface area contributed by atoms with Gasteiger partial charge in [-0.15, -0.1) is 0 Å². The van der Waals surface area contributed by atoms with E-state index >= 15 is 0 Å². The van der Waals surface area contributed by atoms with E-state index in [1.165, 1.54) is 13.8 Å². The fourth-order valence-electron chi connectivity index (χ4n) is 9.25. The molecule has 6 rings (SSSR count). The largest absolute Gasteiger partial charge is 0.481 e. The molecule has 1 fully saturated rings. The lowest BCUT2D eigenvalue weighted by Crippen LogP contribution is -2.64. The second-order valence-corrected chi connectivity index (χ2v) is 27.3. The second-order valence-electron chi connectivity index (χ2n) is 22.0. The Bertz CT molecular complexity index is 3350. The Morgan fingerprint density at radius 3 is 2.14 bits per heavy atom. The number of anilines is 1. The highest BCUT2D eigenvalue weighted by molar-refractivity contribution is 8.13. The van der Waals surface area contributed by atoms with Crippen molar-refractivity contribution < 1.29 is 99.7 Å². The average molecular weight is 1360 g/mol. The van der Waals surface area contributed by atoms with Crippen LogP contribution in [0.5, 0.6) is 0 Å². The molecule has 0 spiro atoms. The van der Waals surface area contributed by atoms with Gasteiger partial charge in [0.25, 0.3) is 0 Å². The number of aromatic nitrogens is 4. The molecule has 4 heterocycles. The molecule has 2 aromatic heterocycles. The number of phosphoric ester groups is 3. The number of rotatable bonds is 34. The van der Waals surface area contributed by atoms with Gasteiger partial charge in [-0.25, -0.2) is 33.4 Å². The summed E-state index contributed by atoms with van der Waals surface area (Å²) >= 11 is 0.782. The summed E-state index contributed by atoms with van der Waals surface area (Å²) in [4.78, 5) is 149. The predicted octanol–water partition coefficient (Wildman–Crippen LogP) is -0.922. The van der Waals surface area contributed by atoms with Gasteiger partial charge in [-0.05, 0) is 36.3 Å². The lowest BCUT2D eigenvalue weighted by molar-refractivity contribution is -0.137. The minimum atomic E-state index is -5.66. The van der Waals surface area contributed by atoms with Gasteiger partial charge in [0.1, 0.15) is 60.7 Å². The van der Waals surface area contributed by atoms with E-state index in [-0.39, 0.29) is 86.4 Å². The molecule has 0 bridgehead atoms. The Balaban J connectivity index is 0.958. The first-order valence-electron chi connectivity index (χ1n) is 28.2. The Kier molecular flexibility index (Phi) is 26.6. The van der Waals surface area contributed by atoms with E-state index < -0.39 is 138 Å². The highest BCUT2D eigenvalue weighted by Gasteiger charge is 2.50. The van der Waals surface area contributed by atoms with Crippen molar-refractivity contribution in [2.24, 2.45) is 22.1 Å². The fourth-order valence-corrected chi connectivity index (χ4v) is 12.8. The number of aldehydes is 1. The van der Waals surface area contributed by atoms with Crippen molar-refractivity contribution in [1.82, 2.24) is 56.7 Å². The number of amides is 6. The third-order valence-corrected chi connectivity index (χ3v) is 17.9. The summed E-state index contributed by atoms with van der Waals surface area (Å²) in [6.45, 7) is 3.75. The maximum absolute atomic E-state index is 14.2. The van der Waals surface area contributed by atoms with Crippen LogP contribution in [0.15, 0.2) is 78.3 Å². The number of aliphatic hydroxyl groups is 2. The minimum Gasteiger partial charge on any atom is -0.386 e. The van der Waals surface area contributed by atoms with Crippen molar-refractivity contribution in [2.75, 3.05) is 44.3 Å². The van der Waals surface area contributed by atoms with Crippen molar-refractivity contribution in [3.63, 3.8) is 0 Å². The van der Waals surface area contributed by atoms with Gasteiger partial charge >= 0.3 is 29.5 Å². The number of aliphatic imine (C=N–C) groups is 1. The van der Waals surface area contributed by atoms with Crippen LogP contribution in [0.1, 0.15) is 64.3 Å². The van der Waals surface area contributed by atoms with Gasteiger partial charge in [0.15, 0.2) is 23.7 Å². The van der Waals surface area contributed by atoms with Crippen LogP contribution < -0.4 is 48.7 Å². The van der Waals surface area contributed by atoms with Gasteiger partial charge in [-0.1, -0.05) is 100 Å². The fraction of sp³-hybridized carbons (Fsp3) is 0.519. The zero-order valence-electron chi connectivity index (χ0n) is 49.6. The highest BCUT2D eigenvalue weighted by Crippen LogP contribution is 2.61. The Morgan fingerprint density at radius 2 is 1.51 bits per heavy atom. The molecule has 0 aliphatic carbocycles. The molecule has 0 radical (unpaired) electrons. The number of ether oxygens (including phenoxy) is 1. The number of urea groups is 1. The molecule has 4 aromatic rings. The average Bonchev–Trinajstić information content (AvgIpc) is 1.63. The normalized spacial score (nSPS) is 20.6. The van der Waals surface area contributed by atoms with Gasteiger partial charge in [0.05, 0.1) is 31.6 Å². The van der Waals surface area contributed by atoms with Crippen molar-refractivity contribution in [3.05, 3.63) is 84.4 Å². The molecule has 1 saturated heterocycles. The maximum atomic E-state index is 14.2. The third kappa shape index (κ3) is 22.7. The monoisotopic (exact) mass is 1360 g/mol. The number of carbonyl (C=O) groups excluding carboxylic acids is 7. The van der Waals surface area contributed by atoms with Crippen molar-refractivity contribution in [2.45, 2.75) is 121 Å². The van der Waals surface area contributed by atoms with Gasteiger partial charge in [-0.3, -0.25) is 47.1 Å². The van der Waals surface area contributed by atoms with Crippen LogP contribution in [-0.2, 0) is 77.9 Å². The molecule has 91 heavy (non-hydrogen) atoms. The Labute approximate surface area is 525 Å². The van der Waals surface area contributed by atoms with E-state index in [9.17, 15) is 77.0 Å². The third-order valence-electron chi connectivity index (χ3n) is 13.8. The van der Waals surface area contributed by atoms with Crippen LogP contribution in [0.3, 0.4) is 0 Å². The van der Waals surface area contributed by atoms with Gasteiger partial charge in [0, 0.05) is 43.6 Å². The van der Waals surface area contributed by atoms with Crippen molar-refractivity contribution in [3.8, 4) is 0 Å². The summed E-state index contributed by atoms with van der Waals surface area (Å²) in [5.74, 6) is -3.20. The summed E-state index contributed by atoms with van der Waals surface area (Å²) in [6.07, 6.45) is -6.18. The van der Waals surface area contributed by atoms with Crippen LogP contribution in [-0.4, -0.2) is 190 Å². The first kappa shape index (κ1) is 73.2. The van der Waals surface area contributed by atoms with E-state index in [0.29, 0.717) is 11.8 Å². The van der Waals surface area contributed by atoms with E-state index in [4.69, 9.17) is 25.3 Å². The number of hydrogen-bond donors (Lipinski definition) is 15. The summed E-state index contributed by atoms with van der Waals surface area (Å²) in [5.41, 5.74) is 11.6. The number of fused-ring (bicyclic) bond motifs is 1. The first-order valence-corrected chi connectivity index (χ1v) is 33.7. The van der Waals surface area contributed by atoms with Crippen LogP contribution in [0.2, 0.25) is 0 Å². The molecule has 2 aromatic carbocycles. The topological polar surface area (TPSA) is 530 Å². The first-order chi connectivity index (χ1) is 42.8. The lowest BCUT2D eigenvalue weighted by atomic mass is 9.87. The van der Waals surface area contributed by atoms with Crippen LogP contribution >= 0.6 is 35.2 Å². The number of guanidine groups is 1. The number of thioether (sulfide) groups is 1. The van der Waals surface area contributed by atoms with Gasteiger partial charge in [-0.2, -0.15) is 4.31 Å². The second kappa shape index (κ2) is 33.1. The zero-order valence-corrected chi connectivity index (χ0v) is 53.1. The highest BCUT2D eigenvalue weighted by atomic mass is 32.2. The minimum absolute atomic E-state index is 0.00166. The predicted molar refractivity (Wildman–Crippen MR) is 324 cm³/mol. The number of nitrogens with zero attached hydrogens (tertiary/aromatic N) is 5. The molecule has 12 atom stereocenters. The quantitative estimate of drug-likeness (QED) is 0.0153. The van der Waals surface area contributed by atoms with E-state index in [2.05, 4.69) is 66.0 Å². The number of nitrogen functional groups attached to an aromatic ring is 1. The molecular formula is C52H75N14O21P3S. The molecule has 39 heteroatoms. The molecule has 2 aliphatic heterocycles. The summed E-state index contributed by atoms with van der Waals surface area (Å²) < 4.78 is 63.0. The SMILES string of the molecule is CC(C)CC(NC(=O)C(NC(=O)NC(Cc1ccccc1)C(=O)SCCNC(=O)CCNC(=O)C(O)C(C)(C)COP(=O)(O)OP(=O)(O)OCC1OC(n2cnc3c(N)ncnc32)C(O)C1OP(=O)(O)O)C1CCN=C(N)N1)C(=O)NC(C=O)Cc1ccccc1. The zero-order chi connectivity index (χ0) is 66.8. The van der Waals surface area contributed by atoms with Crippen LogP contribution in [0.4, 0.5) is 10.6 Å². The smallest absolute Gasteiger partial charge is 0.386 e. The number of carbonyl (C=O) groups is 7. The number of phosphoric acid groups is 3. The molecule has 17 N–H and O–H groups in total. The molecule has 0 saturated carbocycles. The lowest BCUT2D eigenvalue weighted by Gasteiger charge is -2.32. The molecule has 2 aliphatic rings. The summed E-state index contributed by atoms with van der Waals surface area (Å²) in [5, 5.41) is 39.9. The van der Waals surface area contributed by atoms with Crippen molar-refractivity contribution in [1.29, 1.82) is 0 Å². The summed E-state index contributed by atoms with van der Waals surface area (Å²) in [6, 6.07) is 11.4. The molecule has 35 nitrogen and oxygen atoms in total. The van der Waals surface area contributed by atoms with Crippen LogP contribution in [0.25, 0.3) is 11.2 Å². The number of hydrogen-bond acceptors (Lipinski definition) is 25. The number of aliphatic hydroxyl groups excluding tert-OH is 2. The summed E-state index contributed by atoms with van der Waals surface area (Å²) in [7, 11) is -16.7. The molecule has 12 unspecified atom stereocenters. The maximum Gasteiger partial charge on any atom is 0.481 e. The van der Waals surface area contributed by atoms with E-state index in [1.807, 2.05) is 32.0 Å². The Hall–Kier alpha value is -6.85.